The Hall–Kier alpha value is -2.03. The summed E-state index contributed by atoms with van der Waals surface area (Å²) in [7, 11) is -1.85. The highest BCUT2D eigenvalue weighted by atomic mass is 35.5. The molecule has 9 heteroatoms. The fourth-order valence-electron chi connectivity index (χ4n) is 2.99. The summed E-state index contributed by atoms with van der Waals surface area (Å²) < 4.78 is 37.3. The van der Waals surface area contributed by atoms with E-state index in [9.17, 15) is 13.2 Å². The van der Waals surface area contributed by atoms with Gasteiger partial charge in [0.05, 0.1) is 40.6 Å². The van der Waals surface area contributed by atoms with Gasteiger partial charge in [0.25, 0.3) is 5.56 Å². The van der Waals surface area contributed by atoms with Crippen molar-refractivity contribution < 1.29 is 17.9 Å². The lowest BCUT2D eigenvalue weighted by molar-refractivity contribution is 0.310. The molecule has 0 N–H and O–H groups in total. The highest BCUT2D eigenvalue weighted by molar-refractivity contribution is 7.90. The Morgan fingerprint density at radius 2 is 1.96 bits per heavy atom. The normalized spacial score (nSPS) is 12.9. The molecular weight excluding hydrogens is 422 g/mol. The first-order valence-corrected chi connectivity index (χ1v) is 11.7. The van der Waals surface area contributed by atoms with Gasteiger partial charge in [-0.2, -0.15) is 0 Å². The van der Waals surface area contributed by atoms with Crippen molar-refractivity contribution in [1.29, 1.82) is 0 Å². The van der Waals surface area contributed by atoms with E-state index in [0.29, 0.717) is 38.8 Å². The van der Waals surface area contributed by atoms with Gasteiger partial charge in [-0.15, -0.1) is 0 Å². The summed E-state index contributed by atoms with van der Waals surface area (Å²) in [6, 6.07) is 9.56. The largest absolute Gasteiger partial charge is 0.493 e. The molecule has 0 fully saturated rings. The second-order valence-corrected chi connectivity index (χ2v) is 9.87. The molecule has 0 saturated carbocycles. The molecule has 3 aromatic rings. The number of benzene rings is 2. The van der Waals surface area contributed by atoms with Crippen LogP contribution >= 0.6 is 23.1 Å². The molecule has 0 aliphatic carbocycles. The van der Waals surface area contributed by atoms with Crippen LogP contribution in [0.15, 0.2) is 41.2 Å². The van der Waals surface area contributed by atoms with E-state index in [2.05, 4.69) is 0 Å². The van der Waals surface area contributed by atoms with E-state index in [1.165, 1.54) is 11.1 Å². The average Bonchev–Trinajstić information content (AvgIpc) is 2.97. The van der Waals surface area contributed by atoms with E-state index in [-0.39, 0.29) is 11.3 Å². The molecule has 150 valence electrons. The van der Waals surface area contributed by atoms with Gasteiger partial charge in [0.2, 0.25) is 0 Å². The summed E-state index contributed by atoms with van der Waals surface area (Å²) in [5.74, 6) is 0.804. The van der Waals surface area contributed by atoms with E-state index in [4.69, 9.17) is 21.1 Å². The van der Waals surface area contributed by atoms with Gasteiger partial charge in [-0.05, 0) is 36.8 Å². The van der Waals surface area contributed by atoms with Crippen molar-refractivity contribution in [3.8, 4) is 11.5 Å². The van der Waals surface area contributed by atoms with Crippen LogP contribution in [-0.2, 0) is 9.84 Å². The number of fused-ring (bicyclic) bond motifs is 1. The Labute approximate surface area is 172 Å². The van der Waals surface area contributed by atoms with Gasteiger partial charge in [-0.3, -0.25) is 8.75 Å². The van der Waals surface area contributed by atoms with Crippen LogP contribution in [0.3, 0.4) is 0 Å². The molecule has 2 aromatic carbocycles. The number of methoxy groups -OCH3 is 1. The molecule has 28 heavy (non-hydrogen) atoms. The van der Waals surface area contributed by atoms with Gasteiger partial charge in [0.15, 0.2) is 11.5 Å². The zero-order valence-corrected chi connectivity index (χ0v) is 18.0. The van der Waals surface area contributed by atoms with Crippen LogP contribution < -0.4 is 15.0 Å². The number of rotatable bonds is 7. The molecule has 1 heterocycles. The highest BCUT2D eigenvalue weighted by Crippen LogP contribution is 2.34. The maximum Gasteiger partial charge on any atom is 0.269 e. The molecule has 1 aromatic heterocycles. The first-order valence-electron chi connectivity index (χ1n) is 8.53. The van der Waals surface area contributed by atoms with Crippen molar-refractivity contribution >= 4 is 43.1 Å². The second kappa shape index (κ2) is 8.14. The van der Waals surface area contributed by atoms with Crippen LogP contribution in [0.4, 0.5) is 0 Å². The predicted octanol–water partition coefficient (Wildman–Crippen LogP) is 3.76. The van der Waals surface area contributed by atoms with Crippen LogP contribution in [-0.4, -0.2) is 38.1 Å². The molecule has 3 rings (SSSR count). The first-order chi connectivity index (χ1) is 13.2. The van der Waals surface area contributed by atoms with Gasteiger partial charge in [0, 0.05) is 6.26 Å². The minimum Gasteiger partial charge on any atom is -0.493 e. The summed E-state index contributed by atoms with van der Waals surface area (Å²) in [6.45, 7) is 2.27. The number of hydrogen-bond donors (Lipinski definition) is 0. The standard InChI is InChI=1S/C19H20ClNO5S2/c1-4-26-17-10-12(8-9-16(17)25-2)15(11-28(3,23)24)21-19(22)13-6-5-7-14(20)18(13)27-21/h5-10,15H,4,11H2,1-3H3/t15-/m1/s1. The number of hydrogen-bond acceptors (Lipinski definition) is 6. The maximum absolute atomic E-state index is 13.0. The van der Waals surface area contributed by atoms with Gasteiger partial charge >= 0.3 is 0 Å². The van der Waals surface area contributed by atoms with Crippen LogP contribution in [0, 0.1) is 0 Å². The third-order valence-electron chi connectivity index (χ3n) is 4.20. The monoisotopic (exact) mass is 441 g/mol. The molecule has 0 aliphatic rings. The summed E-state index contributed by atoms with van der Waals surface area (Å²) >= 11 is 7.39. The molecule has 0 amide bonds. The Kier molecular flexibility index (Phi) is 6.02. The number of nitrogens with zero attached hydrogens (tertiary/aromatic N) is 1. The summed E-state index contributed by atoms with van der Waals surface area (Å²) in [6.07, 6.45) is 1.15. The first kappa shape index (κ1) is 20.7. The Bertz CT molecular complexity index is 1170. The van der Waals surface area contributed by atoms with E-state index in [1.54, 1.807) is 36.4 Å². The zero-order chi connectivity index (χ0) is 20.5. The van der Waals surface area contributed by atoms with Gasteiger partial charge in [0.1, 0.15) is 9.84 Å². The van der Waals surface area contributed by atoms with Crippen molar-refractivity contribution in [2.75, 3.05) is 25.7 Å². The summed E-state index contributed by atoms with van der Waals surface area (Å²) in [5.41, 5.74) is 0.365. The van der Waals surface area contributed by atoms with Crippen molar-refractivity contribution in [2.45, 2.75) is 13.0 Å². The van der Waals surface area contributed by atoms with E-state index < -0.39 is 15.9 Å². The Balaban J connectivity index is 2.21. The van der Waals surface area contributed by atoms with Crippen molar-refractivity contribution in [2.24, 2.45) is 0 Å². The number of aromatic nitrogens is 1. The average molecular weight is 442 g/mol. The van der Waals surface area contributed by atoms with Crippen molar-refractivity contribution in [3.05, 3.63) is 57.3 Å². The lowest BCUT2D eigenvalue weighted by Crippen LogP contribution is -2.26. The molecular formula is C19H20ClNO5S2. The third kappa shape index (κ3) is 4.19. The number of ether oxygens (including phenoxy) is 2. The molecule has 0 spiro atoms. The van der Waals surface area contributed by atoms with Crippen molar-refractivity contribution in [1.82, 2.24) is 3.96 Å². The quantitative estimate of drug-likeness (QED) is 0.558. The van der Waals surface area contributed by atoms with E-state index in [0.717, 1.165) is 17.8 Å². The molecule has 0 radical (unpaired) electrons. The maximum atomic E-state index is 13.0. The third-order valence-corrected chi connectivity index (χ3v) is 6.79. The highest BCUT2D eigenvalue weighted by Gasteiger charge is 2.25. The minimum atomic E-state index is -3.38. The lowest BCUT2D eigenvalue weighted by Gasteiger charge is -2.19. The van der Waals surface area contributed by atoms with Gasteiger partial charge in [-0.1, -0.05) is 35.3 Å². The molecule has 6 nitrogen and oxygen atoms in total. The van der Waals surface area contributed by atoms with Crippen LogP contribution in [0.5, 0.6) is 11.5 Å². The lowest BCUT2D eigenvalue weighted by atomic mass is 10.1. The smallest absolute Gasteiger partial charge is 0.269 e. The van der Waals surface area contributed by atoms with Gasteiger partial charge < -0.3 is 9.47 Å². The Morgan fingerprint density at radius 3 is 2.57 bits per heavy atom. The summed E-state index contributed by atoms with van der Waals surface area (Å²) in [4.78, 5) is 13.0. The van der Waals surface area contributed by atoms with Crippen molar-refractivity contribution in [3.63, 3.8) is 0 Å². The van der Waals surface area contributed by atoms with E-state index >= 15 is 0 Å². The SMILES string of the molecule is CCOc1cc([C@@H](CS(C)(=O)=O)n2sc3c(Cl)cccc3c2=O)ccc1OC. The molecule has 0 aliphatic heterocycles. The van der Waals surface area contributed by atoms with E-state index in [1.807, 2.05) is 6.92 Å². The van der Waals surface area contributed by atoms with Crippen LogP contribution in [0.1, 0.15) is 18.5 Å². The fraction of sp³-hybridized carbons (Fsp3) is 0.316. The number of sulfone groups is 1. The zero-order valence-electron chi connectivity index (χ0n) is 15.6. The molecule has 1 atom stereocenters. The molecule has 0 unspecified atom stereocenters. The fourth-order valence-corrected chi connectivity index (χ4v) is 5.39. The minimum absolute atomic E-state index is 0.227. The Morgan fingerprint density at radius 1 is 1.21 bits per heavy atom. The number of halogens is 1. The molecule has 0 saturated heterocycles. The van der Waals surface area contributed by atoms with Gasteiger partial charge in [-0.25, -0.2) is 8.42 Å². The second-order valence-electron chi connectivity index (χ2n) is 6.29. The predicted molar refractivity (Wildman–Crippen MR) is 113 cm³/mol. The van der Waals surface area contributed by atoms with Crippen LogP contribution in [0.25, 0.3) is 10.1 Å². The summed E-state index contributed by atoms with van der Waals surface area (Å²) in [5, 5.41) is 0.927. The molecule has 0 bridgehead atoms. The topological polar surface area (TPSA) is 74.6 Å². The van der Waals surface area contributed by atoms with Crippen LogP contribution in [0.2, 0.25) is 5.02 Å².